The second-order valence-corrected chi connectivity index (χ2v) is 8.32. The van der Waals surface area contributed by atoms with Crippen molar-refractivity contribution >= 4 is 23.4 Å². The fraction of sp³-hybridized carbons (Fsp3) is 0.500. The highest BCUT2D eigenvalue weighted by Crippen LogP contribution is 2.32. The van der Waals surface area contributed by atoms with Crippen LogP contribution < -0.4 is 10.2 Å². The summed E-state index contributed by atoms with van der Waals surface area (Å²) in [5, 5.41) is 6.45. The van der Waals surface area contributed by atoms with E-state index in [2.05, 4.69) is 15.5 Å². The van der Waals surface area contributed by atoms with Gasteiger partial charge in [0.2, 0.25) is 11.8 Å². The van der Waals surface area contributed by atoms with Crippen LogP contribution in [0.3, 0.4) is 0 Å². The topological polar surface area (TPSA) is 118 Å². The fourth-order valence-corrected chi connectivity index (χ4v) is 4.03. The van der Waals surface area contributed by atoms with Gasteiger partial charge >= 0.3 is 11.8 Å². The molecule has 1 atom stereocenters. The number of nitrogens with one attached hydrogen (secondary N) is 1. The molecule has 0 saturated carbocycles. The van der Waals surface area contributed by atoms with E-state index in [0.29, 0.717) is 32.1 Å². The number of benzene rings is 1. The Morgan fingerprint density at radius 2 is 1.97 bits per heavy atom. The van der Waals surface area contributed by atoms with Gasteiger partial charge in [-0.1, -0.05) is 23.4 Å². The van der Waals surface area contributed by atoms with E-state index in [0.717, 1.165) is 24.1 Å². The summed E-state index contributed by atoms with van der Waals surface area (Å²) in [6.45, 7) is 1.93. The van der Waals surface area contributed by atoms with Crippen LogP contribution in [-0.2, 0) is 27.3 Å². The maximum absolute atomic E-state index is 13.3. The summed E-state index contributed by atoms with van der Waals surface area (Å²) in [7, 11) is 3.15. The standard InChI is InChI=1S/C22H27N5O5/c1-26(2)22(30)20-24-18(25-32-20)12-23-19(28)16-11-15-5-3-4-6-17(15)27(21(16)29)13-14-7-9-31-10-8-14/h3-6,14,16H,7-13H2,1-2H3,(H,23,28). The Kier molecular flexibility index (Phi) is 6.50. The second-order valence-electron chi connectivity index (χ2n) is 8.32. The molecule has 2 aliphatic rings. The molecule has 10 heteroatoms. The van der Waals surface area contributed by atoms with E-state index >= 15 is 0 Å². The van der Waals surface area contributed by atoms with Crippen LogP contribution in [0.25, 0.3) is 0 Å². The molecule has 2 aromatic rings. The van der Waals surface area contributed by atoms with Crippen molar-refractivity contribution in [3.05, 3.63) is 41.5 Å². The number of amides is 3. The molecular weight excluding hydrogens is 414 g/mol. The molecule has 170 valence electrons. The van der Waals surface area contributed by atoms with Gasteiger partial charge < -0.3 is 24.4 Å². The molecule has 4 rings (SSSR count). The monoisotopic (exact) mass is 441 g/mol. The molecule has 1 aromatic heterocycles. The fourth-order valence-electron chi connectivity index (χ4n) is 4.03. The molecule has 1 unspecified atom stereocenters. The van der Waals surface area contributed by atoms with Crippen molar-refractivity contribution in [3.8, 4) is 0 Å². The molecular formula is C22H27N5O5. The van der Waals surface area contributed by atoms with Gasteiger partial charge in [-0.3, -0.25) is 14.4 Å². The van der Waals surface area contributed by atoms with Gasteiger partial charge in [-0.25, -0.2) is 0 Å². The van der Waals surface area contributed by atoms with Crippen LogP contribution in [-0.4, -0.2) is 66.6 Å². The Morgan fingerprint density at radius 3 is 2.72 bits per heavy atom. The van der Waals surface area contributed by atoms with Crippen LogP contribution in [0.1, 0.15) is 34.9 Å². The zero-order chi connectivity index (χ0) is 22.7. The number of rotatable bonds is 6. The lowest BCUT2D eigenvalue weighted by molar-refractivity contribution is -0.134. The van der Waals surface area contributed by atoms with Gasteiger partial charge in [0.1, 0.15) is 5.92 Å². The highest BCUT2D eigenvalue weighted by Gasteiger charge is 2.38. The van der Waals surface area contributed by atoms with Crippen molar-refractivity contribution in [1.82, 2.24) is 20.4 Å². The van der Waals surface area contributed by atoms with Crippen LogP contribution in [0.15, 0.2) is 28.8 Å². The SMILES string of the molecule is CN(C)C(=O)c1nc(CNC(=O)C2Cc3ccccc3N(CC3CCOCC3)C2=O)no1. The van der Waals surface area contributed by atoms with E-state index in [1.54, 1.807) is 19.0 Å². The van der Waals surface area contributed by atoms with Gasteiger partial charge in [0.25, 0.3) is 0 Å². The van der Waals surface area contributed by atoms with Gasteiger partial charge in [0.05, 0.1) is 6.54 Å². The first-order valence-corrected chi connectivity index (χ1v) is 10.7. The quantitative estimate of drug-likeness (QED) is 0.665. The summed E-state index contributed by atoms with van der Waals surface area (Å²) in [6.07, 6.45) is 2.13. The summed E-state index contributed by atoms with van der Waals surface area (Å²) in [6, 6.07) is 7.71. The third-order valence-corrected chi connectivity index (χ3v) is 5.85. The van der Waals surface area contributed by atoms with Crippen molar-refractivity contribution in [3.63, 3.8) is 0 Å². The Bertz CT molecular complexity index is 998. The smallest absolute Gasteiger partial charge is 0.316 e. The molecule has 0 aliphatic carbocycles. The molecule has 1 aromatic carbocycles. The lowest BCUT2D eigenvalue weighted by Crippen LogP contribution is -2.49. The summed E-state index contributed by atoms with van der Waals surface area (Å²) < 4.78 is 10.4. The maximum Gasteiger partial charge on any atom is 0.316 e. The molecule has 0 spiro atoms. The van der Waals surface area contributed by atoms with E-state index in [-0.39, 0.29) is 24.2 Å². The number of anilines is 1. The number of hydrogen-bond donors (Lipinski definition) is 1. The molecule has 0 radical (unpaired) electrons. The average molecular weight is 441 g/mol. The summed E-state index contributed by atoms with van der Waals surface area (Å²) in [5.74, 6) is -1.49. The summed E-state index contributed by atoms with van der Waals surface area (Å²) >= 11 is 0. The first-order chi connectivity index (χ1) is 15.4. The van der Waals surface area contributed by atoms with Crippen LogP contribution in [0.4, 0.5) is 5.69 Å². The predicted octanol–water partition coefficient (Wildman–Crippen LogP) is 1.02. The van der Waals surface area contributed by atoms with Crippen LogP contribution in [0, 0.1) is 11.8 Å². The van der Waals surface area contributed by atoms with Gasteiger partial charge in [0, 0.05) is 39.5 Å². The van der Waals surface area contributed by atoms with E-state index in [4.69, 9.17) is 9.26 Å². The first kappa shape index (κ1) is 21.9. The van der Waals surface area contributed by atoms with Crippen LogP contribution in [0.5, 0.6) is 0 Å². The largest absolute Gasteiger partial charge is 0.381 e. The molecule has 1 saturated heterocycles. The molecule has 32 heavy (non-hydrogen) atoms. The predicted molar refractivity (Wildman–Crippen MR) is 114 cm³/mol. The Balaban J connectivity index is 1.45. The molecule has 1 N–H and O–H groups in total. The first-order valence-electron chi connectivity index (χ1n) is 10.7. The number of nitrogens with zero attached hydrogens (tertiary/aromatic N) is 4. The number of aromatic nitrogens is 2. The highest BCUT2D eigenvalue weighted by molar-refractivity contribution is 6.10. The highest BCUT2D eigenvalue weighted by atomic mass is 16.5. The molecule has 10 nitrogen and oxygen atoms in total. The van der Waals surface area contributed by atoms with Crippen molar-refractivity contribution in [1.29, 1.82) is 0 Å². The van der Waals surface area contributed by atoms with Gasteiger partial charge in [0.15, 0.2) is 5.82 Å². The summed E-state index contributed by atoms with van der Waals surface area (Å²) in [5.41, 5.74) is 1.84. The third-order valence-electron chi connectivity index (χ3n) is 5.85. The second kappa shape index (κ2) is 9.47. The lowest BCUT2D eigenvalue weighted by atomic mass is 9.89. The van der Waals surface area contributed by atoms with Gasteiger partial charge in [-0.05, 0) is 36.8 Å². The average Bonchev–Trinajstić information content (AvgIpc) is 3.28. The minimum atomic E-state index is -0.834. The minimum Gasteiger partial charge on any atom is -0.381 e. The third kappa shape index (κ3) is 4.64. The van der Waals surface area contributed by atoms with Crippen molar-refractivity contribution in [2.24, 2.45) is 11.8 Å². The van der Waals surface area contributed by atoms with Gasteiger partial charge in [-0.2, -0.15) is 4.98 Å². The van der Waals surface area contributed by atoms with E-state index in [1.165, 1.54) is 4.90 Å². The molecule has 2 aliphatic heterocycles. The number of ether oxygens (including phenoxy) is 1. The van der Waals surface area contributed by atoms with Crippen LogP contribution >= 0.6 is 0 Å². The zero-order valence-electron chi connectivity index (χ0n) is 18.2. The van der Waals surface area contributed by atoms with Crippen LogP contribution in [0.2, 0.25) is 0 Å². The van der Waals surface area contributed by atoms with E-state index in [1.807, 2.05) is 24.3 Å². The van der Waals surface area contributed by atoms with E-state index in [9.17, 15) is 14.4 Å². The number of fused-ring (bicyclic) bond motifs is 1. The zero-order valence-corrected chi connectivity index (χ0v) is 18.2. The molecule has 3 amide bonds. The Morgan fingerprint density at radius 1 is 1.22 bits per heavy atom. The van der Waals surface area contributed by atoms with Gasteiger partial charge in [-0.15, -0.1) is 0 Å². The van der Waals surface area contributed by atoms with Crippen molar-refractivity contribution < 1.29 is 23.6 Å². The maximum atomic E-state index is 13.3. The number of carbonyl (C=O) groups is 3. The Labute approximate surface area is 185 Å². The lowest BCUT2D eigenvalue weighted by Gasteiger charge is -2.36. The molecule has 1 fully saturated rings. The van der Waals surface area contributed by atoms with E-state index < -0.39 is 17.7 Å². The number of hydrogen-bond acceptors (Lipinski definition) is 7. The van der Waals surface area contributed by atoms with Crippen molar-refractivity contribution in [2.75, 3.05) is 38.8 Å². The summed E-state index contributed by atoms with van der Waals surface area (Å²) in [4.78, 5) is 45.2. The molecule has 3 heterocycles. The molecule has 0 bridgehead atoms. The minimum absolute atomic E-state index is 0.0333. The number of para-hydroxylation sites is 1. The Hall–Kier alpha value is -3.27. The normalized spacial score (nSPS) is 18.9. The van der Waals surface area contributed by atoms with Crippen molar-refractivity contribution in [2.45, 2.75) is 25.8 Å². The number of carbonyl (C=O) groups excluding carboxylic acids is 3.